The molecule has 1 saturated heterocycles. The van der Waals surface area contributed by atoms with E-state index in [0.717, 1.165) is 24.3 Å². The van der Waals surface area contributed by atoms with Gasteiger partial charge >= 0.3 is 0 Å². The molecule has 3 unspecified atom stereocenters. The molecular formula is C17H32N2O. The SMILES string of the molecule is CCC(C1CC1)N1CC(CCO)CC(NCC2CC2)C1. The Morgan fingerprint density at radius 3 is 2.55 bits per heavy atom. The molecule has 3 aliphatic rings. The molecule has 0 aromatic rings. The second-order valence-electron chi connectivity index (χ2n) is 7.43. The number of likely N-dealkylation sites (tertiary alicyclic amines) is 1. The summed E-state index contributed by atoms with van der Waals surface area (Å²) in [6.07, 6.45) is 9.31. The van der Waals surface area contributed by atoms with Crippen molar-refractivity contribution in [3.8, 4) is 0 Å². The van der Waals surface area contributed by atoms with E-state index in [-0.39, 0.29) is 0 Å². The molecular weight excluding hydrogens is 248 g/mol. The molecule has 0 amide bonds. The van der Waals surface area contributed by atoms with Gasteiger partial charge in [0, 0.05) is 31.8 Å². The van der Waals surface area contributed by atoms with Crippen LogP contribution in [-0.2, 0) is 0 Å². The van der Waals surface area contributed by atoms with Gasteiger partial charge < -0.3 is 10.4 Å². The first-order chi connectivity index (χ1) is 9.80. The molecule has 20 heavy (non-hydrogen) atoms. The molecule has 0 spiro atoms. The van der Waals surface area contributed by atoms with Gasteiger partial charge in [-0.15, -0.1) is 0 Å². The summed E-state index contributed by atoms with van der Waals surface area (Å²) < 4.78 is 0. The van der Waals surface area contributed by atoms with Gasteiger partial charge in [0.15, 0.2) is 0 Å². The van der Waals surface area contributed by atoms with Gasteiger partial charge in [-0.1, -0.05) is 6.92 Å². The molecule has 0 radical (unpaired) electrons. The maximum Gasteiger partial charge on any atom is 0.0434 e. The number of nitrogens with one attached hydrogen (secondary N) is 1. The Labute approximate surface area is 124 Å². The molecule has 116 valence electrons. The highest BCUT2D eigenvalue weighted by molar-refractivity contribution is 4.93. The van der Waals surface area contributed by atoms with E-state index >= 15 is 0 Å². The smallest absolute Gasteiger partial charge is 0.0434 e. The normalized spacial score (nSPS) is 33.3. The van der Waals surface area contributed by atoms with Crippen molar-refractivity contribution < 1.29 is 5.11 Å². The lowest BCUT2D eigenvalue weighted by Crippen LogP contribution is -2.53. The summed E-state index contributed by atoms with van der Waals surface area (Å²) in [5.41, 5.74) is 0. The van der Waals surface area contributed by atoms with Crippen LogP contribution in [0.5, 0.6) is 0 Å². The van der Waals surface area contributed by atoms with Crippen LogP contribution in [0, 0.1) is 17.8 Å². The van der Waals surface area contributed by atoms with Crippen LogP contribution in [0.3, 0.4) is 0 Å². The molecule has 1 aliphatic heterocycles. The predicted molar refractivity (Wildman–Crippen MR) is 82.7 cm³/mol. The van der Waals surface area contributed by atoms with Gasteiger partial charge in [-0.05, 0) is 69.2 Å². The minimum absolute atomic E-state index is 0.355. The fraction of sp³-hybridized carbons (Fsp3) is 1.00. The van der Waals surface area contributed by atoms with Crippen LogP contribution < -0.4 is 5.32 Å². The maximum absolute atomic E-state index is 9.30. The van der Waals surface area contributed by atoms with E-state index in [1.165, 1.54) is 58.2 Å². The summed E-state index contributed by atoms with van der Waals surface area (Å²) in [6, 6.07) is 1.47. The summed E-state index contributed by atoms with van der Waals surface area (Å²) in [4.78, 5) is 2.76. The van der Waals surface area contributed by atoms with Crippen LogP contribution in [0.1, 0.15) is 51.9 Å². The summed E-state index contributed by atoms with van der Waals surface area (Å²) >= 11 is 0. The molecule has 3 heteroatoms. The monoisotopic (exact) mass is 280 g/mol. The third-order valence-electron chi connectivity index (χ3n) is 5.55. The Kier molecular flexibility index (Phi) is 5.00. The average molecular weight is 280 g/mol. The van der Waals surface area contributed by atoms with Gasteiger partial charge in [0.1, 0.15) is 0 Å². The number of hydrogen-bond acceptors (Lipinski definition) is 3. The second-order valence-corrected chi connectivity index (χ2v) is 7.43. The molecule has 3 rings (SSSR count). The zero-order valence-corrected chi connectivity index (χ0v) is 13.1. The van der Waals surface area contributed by atoms with E-state index in [0.29, 0.717) is 18.6 Å². The van der Waals surface area contributed by atoms with Crippen LogP contribution in [0.2, 0.25) is 0 Å². The number of nitrogens with zero attached hydrogens (tertiary/aromatic N) is 1. The topological polar surface area (TPSA) is 35.5 Å². The molecule has 2 saturated carbocycles. The van der Waals surface area contributed by atoms with Crippen molar-refractivity contribution in [2.75, 3.05) is 26.2 Å². The maximum atomic E-state index is 9.30. The summed E-state index contributed by atoms with van der Waals surface area (Å²) in [5.74, 6) is 2.63. The summed E-state index contributed by atoms with van der Waals surface area (Å²) in [6.45, 7) is 6.39. The quantitative estimate of drug-likeness (QED) is 0.716. The molecule has 1 heterocycles. The van der Waals surface area contributed by atoms with Gasteiger partial charge in [0.25, 0.3) is 0 Å². The molecule has 2 aliphatic carbocycles. The number of rotatable bonds is 8. The lowest BCUT2D eigenvalue weighted by atomic mass is 9.89. The van der Waals surface area contributed by atoms with Crippen LogP contribution >= 0.6 is 0 Å². The lowest BCUT2D eigenvalue weighted by Gasteiger charge is -2.42. The van der Waals surface area contributed by atoms with Gasteiger partial charge in [-0.3, -0.25) is 4.90 Å². The van der Waals surface area contributed by atoms with Gasteiger partial charge in [0.2, 0.25) is 0 Å². The van der Waals surface area contributed by atoms with Crippen LogP contribution in [0.15, 0.2) is 0 Å². The second kappa shape index (κ2) is 6.76. The standard InChI is InChI=1S/C17H32N2O/c1-2-17(15-5-6-15)19-11-14(7-8-20)9-16(12-19)18-10-13-3-4-13/h13-18,20H,2-12H2,1H3. The molecule has 0 aromatic carbocycles. The van der Waals surface area contributed by atoms with Crippen molar-refractivity contribution in [1.29, 1.82) is 0 Å². The van der Waals surface area contributed by atoms with Crippen molar-refractivity contribution in [2.24, 2.45) is 17.8 Å². The van der Waals surface area contributed by atoms with Gasteiger partial charge in [-0.25, -0.2) is 0 Å². The third-order valence-corrected chi connectivity index (χ3v) is 5.55. The Hall–Kier alpha value is -0.120. The first-order valence-electron chi connectivity index (χ1n) is 8.88. The first-order valence-corrected chi connectivity index (χ1v) is 8.88. The van der Waals surface area contributed by atoms with E-state index in [2.05, 4.69) is 17.1 Å². The summed E-state index contributed by atoms with van der Waals surface area (Å²) in [7, 11) is 0. The molecule has 3 atom stereocenters. The van der Waals surface area contributed by atoms with Crippen LogP contribution in [-0.4, -0.2) is 48.3 Å². The Morgan fingerprint density at radius 2 is 1.95 bits per heavy atom. The molecule has 0 bridgehead atoms. The first kappa shape index (κ1) is 14.8. The van der Waals surface area contributed by atoms with Crippen molar-refractivity contribution >= 4 is 0 Å². The highest BCUT2D eigenvalue weighted by Gasteiger charge is 2.38. The zero-order valence-electron chi connectivity index (χ0n) is 13.1. The molecule has 0 aromatic heterocycles. The fourth-order valence-electron chi connectivity index (χ4n) is 4.08. The Morgan fingerprint density at radius 1 is 1.15 bits per heavy atom. The Balaban J connectivity index is 1.55. The van der Waals surface area contributed by atoms with Crippen LogP contribution in [0.4, 0.5) is 0 Å². The van der Waals surface area contributed by atoms with E-state index in [4.69, 9.17) is 0 Å². The minimum Gasteiger partial charge on any atom is -0.396 e. The van der Waals surface area contributed by atoms with E-state index in [9.17, 15) is 5.11 Å². The highest BCUT2D eigenvalue weighted by Crippen LogP contribution is 2.38. The molecule has 2 N–H and O–H groups in total. The molecule has 3 fully saturated rings. The third kappa shape index (κ3) is 3.96. The van der Waals surface area contributed by atoms with Crippen molar-refractivity contribution in [1.82, 2.24) is 10.2 Å². The number of aliphatic hydroxyl groups is 1. The fourth-order valence-corrected chi connectivity index (χ4v) is 4.08. The number of hydrogen-bond donors (Lipinski definition) is 2. The predicted octanol–water partition coefficient (Wildman–Crippen LogP) is 2.25. The minimum atomic E-state index is 0.355. The summed E-state index contributed by atoms with van der Waals surface area (Å²) in [5, 5.41) is 13.1. The van der Waals surface area contributed by atoms with Crippen molar-refractivity contribution in [2.45, 2.75) is 64.0 Å². The van der Waals surface area contributed by atoms with Gasteiger partial charge in [0.05, 0.1) is 0 Å². The average Bonchev–Trinajstić information content (AvgIpc) is 3.31. The number of aliphatic hydroxyl groups excluding tert-OH is 1. The van der Waals surface area contributed by atoms with Gasteiger partial charge in [-0.2, -0.15) is 0 Å². The van der Waals surface area contributed by atoms with Crippen molar-refractivity contribution in [3.63, 3.8) is 0 Å². The van der Waals surface area contributed by atoms with E-state index < -0.39 is 0 Å². The Bertz CT molecular complexity index is 301. The lowest BCUT2D eigenvalue weighted by molar-refractivity contribution is 0.0729. The van der Waals surface area contributed by atoms with Crippen LogP contribution in [0.25, 0.3) is 0 Å². The van der Waals surface area contributed by atoms with E-state index in [1.807, 2.05) is 0 Å². The van der Waals surface area contributed by atoms with Crippen molar-refractivity contribution in [3.05, 3.63) is 0 Å². The molecule has 3 nitrogen and oxygen atoms in total. The number of piperidine rings is 1. The van der Waals surface area contributed by atoms with E-state index in [1.54, 1.807) is 0 Å². The largest absolute Gasteiger partial charge is 0.396 e. The zero-order chi connectivity index (χ0) is 13.9. The highest BCUT2D eigenvalue weighted by atomic mass is 16.3.